The normalized spacial score (nSPS) is 19.1. The third kappa shape index (κ3) is 7.65. The lowest BCUT2D eigenvalue weighted by Gasteiger charge is -2.22. The van der Waals surface area contributed by atoms with E-state index in [0.717, 1.165) is 38.4 Å². The fourth-order valence-corrected chi connectivity index (χ4v) is 2.39. The second-order valence-corrected chi connectivity index (χ2v) is 7.38. The van der Waals surface area contributed by atoms with Crippen LogP contribution in [0.25, 0.3) is 0 Å². The van der Waals surface area contributed by atoms with Crippen LogP contribution in [0.15, 0.2) is 4.99 Å². The molecule has 0 aromatic heterocycles. The molecule has 1 atom stereocenters. The fourth-order valence-electron chi connectivity index (χ4n) is 2.39. The predicted octanol–water partition coefficient (Wildman–Crippen LogP) is 2.46. The molecule has 0 spiro atoms. The van der Waals surface area contributed by atoms with Crippen LogP contribution in [0.3, 0.4) is 0 Å². The summed E-state index contributed by atoms with van der Waals surface area (Å²) in [6.45, 7) is 13.1. The number of hydrogen-bond acceptors (Lipinski definition) is 2. The van der Waals surface area contributed by atoms with Gasteiger partial charge in [0.25, 0.3) is 0 Å². The Labute approximate surface area is 152 Å². The van der Waals surface area contributed by atoms with Gasteiger partial charge in [0.05, 0.1) is 0 Å². The lowest BCUT2D eigenvalue weighted by Crippen LogP contribution is -2.45. The van der Waals surface area contributed by atoms with Crippen LogP contribution < -0.4 is 10.6 Å². The monoisotopic (exact) mass is 424 g/mol. The number of amides is 1. The molecular weight excluding hydrogens is 391 g/mol. The van der Waals surface area contributed by atoms with Crippen molar-refractivity contribution in [2.45, 2.75) is 53.5 Å². The first-order valence-electron chi connectivity index (χ1n) is 7.99. The second kappa shape index (κ2) is 9.57. The molecule has 0 saturated carbocycles. The highest BCUT2D eigenvalue weighted by Crippen LogP contribution is 2.17. The number of halogens is 1. The summed E-state index contributed by atoms with van der Waals surface area (Å²) in [4.78, 5) is 18.2. The van der Waals surface area contributed by atoms with Crippen molar-refractivity contribution in [1.29, 1.82) is 0 Å². The van der Waals surface area contributed by atoms with Crippen molar-refractivity contribution in [3.05, 3.63) is 0 Å². The fraction of sp³-hybridized carbons (Fsp3) is 0.875. The first kappa shape index (κ1) is 21.5. The van der Waals surface area contributed by atoms with Gasteiger partial charge in [-0.05, 0) is 18.3 Å². The summed E-state index contributed by atoms with van der Waals surface area (Å²) in [5.41, 5.74) is 0.319. The van der Waals surface area contributed by atoms with E-state index in [1.54, 1.807) is 7.05 Å². The van der Waals surface area contributed by atoms with Crippen molar-refractivity contribution in [2.24, 2.45) is 16.3 Å². The van der Waals surface area contributed by atoms with Gasteiger partial charge in [-0.25, -0.2) is 0 Å². The molecule has 130 valence electrons. The van der Waals surface area contributed by atoms with Crippen LogP contribution >= 0.6 is 24.0 Å². The number of rotatable bonds is 4. The molecule has 1 rings (SSSR count). The standard InChI is InChI=1S/C16H32N4O.HI/c1-12(2)14(21)20-10-7-13(11-20)19-15(17-6)18-9-8-16(3,4)5;/h12-13H,7-11H2,1-6H3,(H2,17,18,19);1H. The summed E-state index contributed by atoms with van der Waals surface area (Å²) in [6.07, 6.45) is 2.08. The van der Waals surface area contributed by atoms with E-state index in [0.29, 0.717) is 11.5 Å². The maximum atomic E-state index is 12.0. The van der Waals surface area contributed by atoms with E-state index in [1.165, 1.54) is 0 Å². The highest BCUT2D eigenvalue weighted by molar-refractivity contribution is 14.0. The molecular formula is C16H33IN4O. The van der Waals surface area contributed by atoms with Gasteiger partial charge >= 0.3 is 0 Å². The number of carbonyl (C=O) groups is 1. The minimum absolute atomic E-state index is 0. The van der Waals surface area contributed by atoms with Gasteiger partial charge in [0.1, 0.15) is 0 Å². The van der Waals surface area contributed by atoms with E-state index >= 15 is 0 Å². The van der Waals surface area contributed by atoms with Gasteiger partial charge in [0, 0.05) is 38.6 Å². The van der Waals surface area contributed by atoms with E-state index in [2.05, 4.69) is 36.4 Å². The largest absolute Gasteiger partial charge is 0.356 e. The van der Waals surface area contributed by atoms with Gasteiger partial charge in [0.15, 0.2) is 5.96 Å². The van der Waals surface area contributed by atoms with Gasteiger partial charge in [-0.1, -0.05) is 34.6 Å². The Bertz CT molecular complexity index is 377. The Kier molecular flexibility index (Phi) is 9.34. The Morgan fingerprint density at radius 1 is 1.36 bits per heavy atom. The molecule has 5 nitrogen and oxygen atoms in total. The molecule has 0 aromatic rings. The number of guanidine groups is 1. The average molecular weight is 424 g/mol. The van der Waals surface area contributed by atoms with Gasteiger partial charge in [-0.15, -0.1) is 24.0 Å². The Morgan fingerprint density at radius 2 is 2.00 bits per heavy atom. The smallest absolute Gasteiger partial charge is 0.225 e. The van der Waals surface area contributed by atoms with Crippen molar-refractivity contribution in [2.75, 3.05) is 26.7 Å². The molecule has 1 saturated heterocycles. The highest BCUT2D eigenvalue weighted by Gasteiger charge is 2.27. The van der Waals surface area contributed by atoms with Gasteiger partial charge in [-0.2, -0.15) is 0 Å². The number of aliphatic imine (C=N–C) groups is 1. The molecule has 0 radical (unpaired) electrons. The topological polar surface area (TPSA) is 56.7 Å². The quantitative estimate of drug-likeness (QED) is 0.414. The third-order valence-corrected chi connectivity index (χ3v) is 3.73. The molecule has 2 N–H and O–H groups in total. The summed E-state index contributed by atoms with van der Waals surface area (Å²) in [6, 6.07) is 0.300. The number of nitrogens with zero attached hydrogens (tertiary/aromatic N) is 2. The zero-order valence-electron chi connectivity index (χ0n) is 14.9. The van der Waals surface area contributed by atoms with Crippen molar-refractivity contribution in [3.8, 4) is 0 Å². The van der Waals surface area contributed by atoms with Crippen LogP contribution in [0.4, 0.5) is 0 Å². The minimum atomic E-state index is 0. The van der Waals surface area contributed by atoms with Crippen molar-refractivity contribution < 1.29 is 4.79 Å². The van der Waals surface area contributed by atoms with Gasteiger partial charge < -0.3 is 15.5 Å². The first-order valence-corrected chi connectivity index (χ1v) is 7.99. The average Bonchev–Trinajstić information content (AvgIpc) is 2.83. The maximum Gasteiger partial charge on any atom is 0.225 e. The van der Waals surface area contributed by atoms with Gasteiger partial charge in [-0.3, -0.25) is 9.79 Å². The predicted molar refractivity (Wildman–Crippen MR) is 104 cm³/mol. The molecule has 22 heavy (non-hydrogen) atoms. The summed E-state index contributed by atoms with van der Waals surface area (Å²) in [5, 5.41) is 6.78. The molecule has 0 aliphatic carbocycles. The van der Waals surface area contributed by atoms with Crippen molar-refractivity contribution in [1.82, 2.24) is 15.5 Å². The van der Waals surface area contributed by atoms with E-state index in [4.69, 9.17) is 0 Å². The molecule has 1 heterocycles. The Morgan fingerprint density at radius 3 is 2.50 bits per heavy atom. The van der Waals surface area contributed by atoms with E-state index in [-0.39, 0.29) is 35.8 Å². The first-order chi connectivity index (χ1) is 9.73. The highest BCUT2D eigenvalue weighted by atomic mass is 127. The second-order valence-electron chi connectivity index (χ2n) is 7.38. The zero-order valence-corrected chi connectivity index (χ0v) is 17.2. The van der Waals surface area contributed by atoms with E-state index < -0.39 is 0 Å². The minimum Gasteiger partial charge on any atom is -0.356 e. The number of carbonyl (C=O) groups excluding carboxylic acids is 1. The zero-order chi connectivity index (χ0) is 16.0. The van der Waals surface area contributed by atoms with E-state index in [1.807, 2.05) is 18.7 Å². The molecule has 1 aliphatic heterocycles. The van der Waals surface area contributed by atoms with Gasteiger partial charge in [0.2, 0.25) is 5.91 Å². The molecule has 1 unspecified atom stereocenters. The third-order valence-electron chi connectivity index (χ3n) is 3.73. The number of likely N-dealkylation sites (tertiary alicyclic amines) is 1. The van der Waals surface area contributed by atoms with E-state index in [9.17, 15) is 4.79 Å². The van der Waals surface area contributed by atoms with Crippen LogP contribution in [0.5, 0.6) is 0 Å². The van der Waals surface area contributed by atoms with Crippen LogP contribution in [0.2, 0.25) is 0 Å². The SMILES string of the molecule is CN=C(NCCC(C)(C)C)NC1CCN(C(=O)C(C)C)C1.I. The van der Waals surface area contributed by atoms with Crippen LogP contribution in [0.1, 0.15) is 47.5 Å². The lowest BCUT2D eigenvalue weighted by molar-refractivity contribution is -0.133. The Hall–Kier alpha value is -0.530. The number of nitrogens with one attached hydrogen (secondary N) is 2. The molecule has 1 fully saturated rings. The van der Waals surface area contributed by atoms with Crippen molar-refractivity contribution in [3.63, 3.8) is 0 Å². The lowest BCUT2D eigenvalue weighted by atomic mass is 9.92. The summed E-state index contributed by atoms with van der Waals surface area (Å²) < 4.78 is 0. The molecule has 0 aromatic carbocycles. The summed E-state index contributed by atoms with van der Waals surface area (Å²) >= 11 is 0. The van der Waals surface area contributed by atoms with Crippen LogP contribution in [-0.4, -0.2) is 49.5 Å². The molecule has 6 heteroatoms. The van der Waals surface area contributed by atoms with Crippen LogP contribution in [-0.2, 0) is 4.79 Å². The molecule has 1 amide bonds. The van der Waals surface area contributed by atoms with Crippen LogP contribution in [0, 0.1) is 11.3 Å². The maximum absolute atomic E-state index is 12.0. The number of hydrogen-bond donors (Lipinski definition) is 2. The molecule has 1 aliphatic rings. The summed E-state index contributed by atoms with van der Waals surface area (Å²) in [5.74, 6) is 1.16. The molecule has 0 bridgehead atoms. The summed E-state index contributed by atoms with van der Waals surface area (Å²) in [7, 11) is 1.79. The van der Waals surface area contributed by atoms with Crippen molar-refractivity contribution >= 4 is 35.8 Å². The Balaban J connectivity index is 0.00000441.